The van der Waals surface area contributed by atoms with E-state index in [2.05, 4.69) is 5.32 Å². The molecule has 0 spiro atoms. The second-order valence-electron chi connectivity index (χ2n) is 8.59. The van der Waals surface area contributed by atoms with Gasteiger partial charge in [-0.25, -0.2) is 10.3 Å². The molecule has 3 aromatic rings. The molecule has 0 aromatic heterocycles. The second-order valence-corrected chi connectivity index (χ2v) is 8.59. The van der Waals surface area contributed by atoms with Gasteiger partial charge in [-0.3, -0.25) is 15.3 Å². The molecule has 40 heavy (non-hydrogen) atoms. The fourth-order valence-corrected chi connectivity index (χ4v) is 3.97. The van der Waals surface area contributed by atoms with E-state index in [4.69, 9.17) is 34.0 Å². The summed E-state index contributed by atoms with van der Waals surface area (Å²) in [5, 5.41) is 20.6. The first-order chi connectivity index (χ1) is 19.6. The summed E-state index contributed by atoms with van der Waals surface area (Å²) in [5.41, 5.74) is 2.59. The maximum absolute atomic E-state index is 13.1. The Kier molecular flexibility index (Phi) is 10.2. The van der Waals surface area contributed by atoms with E-state index in [1.807, 2.05) is 18.2 Å². The zero-order chi connectivity index (χ0) is 28.2. The topological polar surface area (TPSA) is 145 Å². The predicted octanol–water partition coefficient (Wildman–Crippen LogP) is 4.37. The molecule has 1 heterocycles. The first kappa shape index (κ1) is 28.3. The number of anilines is 1. The van der Waals surface area contributed by atoms with Gasteiger partial charge in [-0.05, 0) is 54.8 Å². The molecule has 0 radical (unpaired) electrons. The number of rotatable bonds is 13. The Morgan fingerprint density at radius 2 is 1.77 bits per heavy atom. The lowest BCUT2D eigenvalue weighted by molar-refractivity contribution is -0.124. The zero-order valence-electron chi connectivity index (χ0n) is 21.5. The highest BCUT2D eigenvalue weighted by Gasteiger charge is 2.29. The van der Waals surface area contributed by atoms with Crippen LogP contribution in [0.15, 0.2) is 84.9 Å². The number of amides is 2. The zero-order valence-corrected chi connectivity index (χ0v) is 21.5. The molecule has 0 saturated carbocycles. The van der Waals surface area contributed by atoms with Gasteiger partial charge in [0.2, 0.25) is 6.79 Å². The number of carbonyl (C=O) groups is 2. The number of allylic oxidation sites excluding steroid dienone is 1. The third-order valence-electron chi connectivity index (χ3n) is 5.77. The van der Waals surface area contributed by atoms with Gasteiger partial charge in [0.05, 0.1) is 6.61 Å². The van der Waals surface area contributed by atoms with Crippen LogP contribution in [0, 0.1) is 0 Å². The van der Waals surface area contributed by atoms with E-state index in [1.165, 1.54) is 6.08 Å². The number of fused-ring (bicyclic) bond motifs is 1. The largest absolute Gasteiger partial charge is 0.491 e. The summed E-state index contributed by atoms with van der Waals surface area (Å²) in [6.07, 6.45) is 1.15. The summed E-state index contributed by atoms with van der Waals surface area (Å²) in [4.78, 5) is 24.6. The van der Waals surface area contributed by atoms with E-state index < -0.39 is 24.2 Å². The molecule has 4 rings (SSSR count). The number of aliphatic hydroxyl groups is 1. The van der Waals surface area contributed by atoms with Crippen molar-refractivity contribution >= 4 is 17.7 Å². The number of nitrogens with one attached hydrogen (secondary N) is 2. The summed E-state index contributed by atoms with van der Waals surface area (Å²) >= 11 is 0. The number of carbonyl (C=O) groups excluding carboxylic acids is 2. The lowest BCUT2D eigenvalue weighted by Crippen LogP contribution is -2.31. The van der Waals surface area contributed by atoms with Crippen LogP contribution in [0.3, 0.4) is 0 Å². The number of aliphatic hydroxyl groups excluding tert-OH is 1. The van der Waals surface area contributed by atoms with Crippen LogP contribution < -0.4 is 29.7 Å². The minimum Gasteiger partial charge on any atom is -0.491 e. The fraction of sp³-hybridized carbons (Fsp3) is 0.241. The van der Waals surface area contributed by atoms with Crippen molar-refractivity contribution in [1.82, 2.24) is 5.48 Å². The molecule has 210 valence electrons. The van der Waals surface area contributed by atoms with Crippen LogP contribution in [0.5, 0.6) is 23.0 Å². The molecule has 3 aromatic carbocycles. The second kappa shape index (κ2) is 14.4. The van der Waals surface area contributed by atoms with Crippen LogP contribution in [0.4, 0.5) is 10.5 Å². The number of benzene rings is 3. The maximum Gasteiger partial charge on any atom is 0.412 e. The molecule has 0 saturated heterocycles. The number of ether oxygens (including phenoxy) is 5. The van der Waals surface area contributed by atoms with Gasteiger partial charge in [-0.15, -0.1) is 0 Å². The maximum atomic E-state index is 13.1. The van der Waals surface area contributed by atoms with Crippen LogP contribution in [0.2, 0.25) is 0 Å². The van der Waals surface area contributed by atoms with Crippen molar-refractivity contribution in [3.8, 4) is 23.0 Å². The molecule has 11 heteroatoms. The van der Waals surface area contributed by atoms with Gasteiger partial charge in [0.15, 0.2) is 17.6 Å². The van der Waals surface area contributed by atoms with Crippen LogP contribution in [-0.4, -0.2) is 48.4 Å². The summed E-state index contributed by atoms with van der Waals surface area (Å²) in [7, 11) is 0. The molecule has 0 aliphatic carbocycles. The van der Waals surface area contributed by atoms with Gasteiger partial charge in [0, 0.05) is 17.8 Å². The Hall–Kier alpha value is -4.74. The van der Waals surface area contributed by atoms with Crippen molar-refractivity contribution in [2.75, 3.05) is 25.3 Å². The van der Waals surface area contributed by atoms with E-state index >= 15 is 0 Å². The molecular formula is C29H30N2O9. The van der Waals surface area contributed by atoms with Crippen molar-refractivity contribution in [2.24, 2.45) is 0 Å². The molecule has 0 unspecified atom stereocenters. The normalized spacial score (nSPS) is 13.3. The molecule has 0 bridgehead atoms. The van der Waals surface area contributed by atoms with Crippen molar-refractivity contribution < 1.29 is 43.6 Å². The van der Waals surface area contributed by atoms with Crippen molar-refractivity contribution in [3.05, 3.63) is 90.5 Å². The average molecular weight is 551 g/mol. The Morgan fingerprint density at radius 3 is 2.58 bits per heavy atom. The smallest absolute Gasteiger partial charge is 0.412 e. The molecule has 1 aliphatic heterocycles. The first-order valence-corrected chi connectivity index (χ1v) is 12.6. The third-order valence-corrected chi connectivity index (χ3v) is 5.77. The number of hydrogen-bond acceptors (Lipinski definition) is 9. The Labute approximate surface area is 230 Å². The van der Waals surface area contributed by atoms with E-state index in [9.17, 15) is 9.59 Å². The summed E-state index contributed by atoms with van der Waals surface area (Å²) in [6.45, 7) is 0.0454. The highest BCUT2D eigenvalue weighted by molar-refractivity contribution is 5.86. The SMILES string of the molecule is O=C(/C=C/CC[C@H](Oc1ccccc1)[C@@H](OC(=O)Nc1ccc2c(c1)OCO2)c1cccc(OCCO)c1)NO. The van der Waals surface area contributed by atoms with E-state index in [-0.39, 0.29) is 20.0 Å². The van der Waals surface area contributed by atoms with Crippen LogP contribution in [0.25, 0.3) is 0 Å². The molecule has 2 amide bonds. The highest BCUT2D eigenvalue weighted by Crippen LogP contribution is 2.35. The van der Waals surface area contributed by atoms with Gasteiger partial charge in [0.1, 0.15) is 24.2 Å². The van der Waals surface area contributed by atoms with Gasteiger partial charge in [0.25, 0.3) is 5.91 Å². The van der Waals surface area contributed by atoms with E-state index in [0.29, 0.717) is 47.1 Å². The monoisotopic (exact) mass is 550 g/mol. The van der Waals surface area contributed by atoms with Crippen molar-refractivity contribution in [1.29, 1.82) is 0 Å². The molecular weight excluding hydrogens is 520 g/mol. The van der Waals surface area contributed by atoms with Crippen LogP contribution >= 0.6 is 0 Å². The Bertz CT molecular complexity index is 1300. The Balaban J connectivity index is 1.60. The average Bonchev–Trinajstić information content (AvgIpc) is 3.45. The van der Waals surface area contributed by atoms with Crippen molar-refractivity contribution in [2.45, 2.75) is 25.0 Å². The molecule has 1 aliphatic rings. The van der Waals surface area contributed by atoms with E-state index in [1.54, 1.807) is 66.2 Å². The molecule has 2 atom stereocenters. The summed E-state index contributed by atoms with van der Waals surface area (Å²) in [6, 6.07) is 21.0. The highest BCUT2D eigenvalue weighted by atomic mass is 16.7. The van der Waals surface area contributed by atoms with Gasteiger partial charge in [-0.2, -0.15) is 0 Å². The third kappa shape index (κ3) is 8.13. The van der Waals surface area contributed by atoms with Gasteiger partial charge in [-0.1, -0.05) is 36.4 Å². The number of hydroxylamine groups is 1. The van der Waals surface area contributed by atoms with Gasteiger partial charge >= 0.3 is 6.09 Å². The van der Waals surface area contributed by atoms with E-state index in [0.717, 1.165) is 0 Å². The number of hydrogen-bond donors (Lipinski definition) is 4. The van der Waals surface area contributed by atoms with Crippen molar-refractivity contribution in [3.63, 3.8) is 0 Å². The van der Waals surface area contributed by atoms with Crippen LogP contribution in [0.1, 0.15) is 24.5 Å². The fourth-order valence-electron chi connectivity index (χ4n) is 3.97. The lowest BCUT2D eigenvalue weighted by Gasteiger charge is -2.28. The number of para-hydroxylation sites is 1. The molecule has 11 nitrogen and oxygen atoms in total. The standard InChI is InChI=1S/C29H30N2O9/c32-15-16-36-23-10-6-7-20(17-23)28(40-29(34)30-21-13-14-24-26(18-21)38-19-37-24)25(11-4-5-12-27(33)31-35)39-22-8-2-1-3-9-22/h1-3,5-10,12-14,17-18,25,28,32,35H,4,11,15-16,19H2,(H,30,34)(H,31,33)/b12-5+/t25-,28-/m0/s1. The molecule has 0 fully saturated rings. The minimum atomic E-state index is -0.910. The molecule has 4 N–H and O–H groups in total. The van der Waals surface area contributed by atoms with Crippen LogP contribution in [-0.2, 0) is 9.53 Å². The Morgan fingerprint density at radius 1 is 0.975 bits per heavy atom. The van der Waals surface area contributed by atoms with Gasteiger partial charge < -0.3 is 28.8 Å². The quantitative estimate of drug-likeness (QED) is 0.139. The predicted molar refractivity (Wildman–Crippen MR) is 144 cm³/mol. The minimum absolute atomic E-state index is 0.0984. The summed E-state index contributed by atoms with van der Waals surface area (Å²) < 4.78 is 28.5. The lowest BCUT2D eigenvalue weighted by atomic mass is 9.99. The first-order valence-electron chi connectivity index (χ1n) is 12.6. The summed E-state index contributed by atoms with van der Waals surface area (Å²) in [5.74, 6) is 1.46.